The lowest BCUT2D eigenvalue weighted by atomic mass is 10.4. The Morgan fingerprint density at radius 2 is 2.21 bits per heavy atom. The van der Waals surface area contributed by atoms with E-state index < -0.39 is 0 Å². The van der Waals surface area contributed by atoms with E-state index in [2.05, 4.69) is 20.9 Å². The van der Waals surface area contributed by atoms with Gasteiger partial charge in [0.15, 0.2) is 5.75 Å². The van der Waals surface area contributed by atoms with Crippen LogP contribution in [0.15, 0.2) is 16.9 Å². The molecule has 1 aromatic rings. The fraction of sp³-hybridized carbons (Fsp3) is 0.444. The first kappa shape index (κ1) is 11.3. The molecule has 0 aliphatic carbocycles. The number of hydrogen-bond donors (Lipinski definition) is 1. The lowest BCUT2D eigenvalue weighted by Crippen LogP contribution is -2.19. The van der Waals surface area contributed by atoms with E-state index in [1.807, 2.05) is 19.0 Å². The van der Waals surface area contributed by atoms with Crippen molar-refractivity contribution in [3.8, 4) is 5.75 Å². The van der Waals surface area contributed by atoms with E-state index in [9.17, 15) is 0 Å². The molecule has 0 atom stereocenters. The molecule has 1 heterocycles. The van der Waals surface area contributed by atoms with Gasteiger partial charge < -0.3 is 15.4 Å². The first-order chi connectivity index (χ1) is 6.61. The van der Waals surface area contributed by atoms with Gasteiger partial charge in [-0.25, -0.2) is 0 Å². The van der Waals surface area contributed by atoms with Crippen LogP contribution in [0.4, 0.5) is 5.69 Å². The van der Waals surface area contributed by atoms with Gasteiger partial charge in [0.25, 0.3) is 0 Å². The van der Waals surface area contributed by atoms with Crippen molar-refractivity contribution in [1.29, 1.82) is 0 Å². The van der Waals surface area contributed by atoms with Crippen LogP contribution in [-0.4, -0.2) is 37.1 Å². The first-order valence-electron chi connectivity index (χ1n) is 4.27. The Morgan fingerprint density at radius 1 is 1.50 bits per heavy atom. The van der Waals surface area contributed by atoms with Gasteiger partial charge in [-0.2, -0.15) is 0 Å². The zero-order valence-corrected chi connectivity index (χ0v) is 9.91. The van der Waals surface area contributed by atoms with Crippen molar-refractivity contribution in [1.82, 2.24) is 9.88 Å². The van der Waals surface area contributed by atoms with Crippen molar-refractivity contribution in [2.45, 2.75) is 0 Å². The summed E-state index contributed by atoms with van der Waals surface area (Å²) in [6.45, 7) is 1.47. The molecule has 0 fully saturated rings. The molecule has 0 bridgehead atoms. The third-order valence-corrected chi connectivity index (χ3v) is 2.23. The standard InChI is InChI=1S/C9H14BrN3O/c1-13(2)3-4-14-9-7(10)5-12-6-8(9)11/h5-6H,3-4,11H2,1-2H3. The average Bonchev–Trinajstić information content (AvgIpc) is 2.09. The molecule has 78 valence electrons. The molecule has 5 heteroatoms. The fourth-order valence-corrected chi connectivity index (χ4v) is 1.38. The molecule has 0 aromatic carbocycles. The van der Waals surface area contributed by atoms with Gasteiger partial charge in [-0.1, -0.05) is 0 Å². The Hall–Kier alpha value is -0.810. The minimum absolute atomic E-state index is 0.554. The Bertz CT molecular complexity index is 284. The van der Waals surface area contributed by atoms with Crippen LogP contribution in [0.3, 0.4) is 0 Å². The van der Waals surface area contributed by atoms with Crippen molar-refractivity contribution < 1.29 is 4.74 Å². The van der Waals surface area contributed by atoms with E-state index in [-0.39, 0.29) is 0 Å². The molecule has 0 amide bonds. The summed E-state index contributed by atoms with van der Waals surface area (Å²) in [5.41, 5.74) is 6.26. The van der Waals surface area contributed by atoms with E-state index >= 15 is 0 Å². The van der Waals surface area contributed by atoms with Crippen molar-refractivity contribution in [2.24, 2.45) is 0 Å². The molecule has 1 rings (SSSR count). The summed E-state index contributed by atoms with van der Waals surface area (Å²) in [6, 6.07) is 0. The summed E-state index contributed by atoms with van der Waals surface area (Å²) in [4.78, 5) is 5.97. The highest BCUT2D eigenvalue weighted by atomic mass is 79.9. The van der Waals surface area contributed by atoms with E-state index in [4.69, 9.17) is 10.5 Å². The minimum Gasteiger partial charge on any atom is -0.489 e. The number of ether oxygens (including phenoxy) is 1. The fourth-order valence-electron chi connectivity index (χ4n) is 0.921. The highest BCUT2D eigenvalue weighted by molar-refractivity contribution is 9.10. The summed E-state index contributed by atoms with van der Waals surface area (Å²) >= 11 is 3.33. The number of pyridine rings is 1. The predicted molar refractivity (Wildman–Crippen MR) is 60.4 cm³/mol. The highest BCUT2D eigenvalue weighted by Crippen LogP contribution is 2.29. The third-order valence-electron chi connectivity index (χ3n) is 1.67. The number of nitrogen functional groups attached to an aromatic ring is 1. The Kier molecular flexibility index (Phi) is 4.16. The zero-order chi connectivity index (χ0) is 10.6. The van der Waals surface area contributed by atoms with Gasteiger partial charge in [-0.05, 0) is 30.0 Å². The van der Waals surface area contributed by atoms with Crippen molar-refractivity contribution in [2.75, 3.05) is 33.0 Å². The normalized spacial score (nSPS) is 10.6. The van der Waals surface area contributed by atoms with E-state index in [0.717, 1.165) is 11.0 Å². The topological polar surface area (TPSA) is 51.4 Å². The molecular weight excluding hydrogens is 246 g/mol. The van der Waals surface area contributed by atoms with Gasteiger partial charge in [0.2, 0.25) is 0 Å². The van der Waals surface area contributed by atoms with Crippen LogP contribution in [0.1, 0.15) is 0 Å². The second-order valence-corrected chi connectivity index (χ2v) is 4.05. The van der Waals surface area contributed by atoms with Gasteiger partial charge >= 0.3 is 0 Å². The molecule has 0 saturated heterocycles. The first-order valence-corrected chi connectivity index (χ1v) is 5.07. The van der Waals surface area contributed by atoms with Gasteiger partial charge in [0.05, 0.1) is 16.4 Å². The number of rotatable bonds is 4. The SMILES string of the molecule is CN(C)CCOc1c(N)cncc1Br. The number of likely N-dealkylation sites (N-methyl/N-ethyl adjacent to an activating group) is 1. The number of aromatic nitrogens is 1. The predicted octanol–water partition coefficient (Wildman–Crippen LogP) is 1.37. The van der Waals surface area contributed by atoms with E-state index in [1.54, 1.807) is 12.4 Å². The average molecular weight is 260 g/mol. The molecule has 14 heavy (non-hydrogen) atoms. The van der Waals surface area contributed by atoms with Crippen LogP contribution < -0.4 is 10.5 Å². The number of hydrogen-bond acceptors (Lipinski definition) is 4. The number of nitrogens with zero attached hydrogens (tertiary/aromatic N) is 2. The van der Waals surface area contributed by atoms with Gasteiger partial charge in [-0.3, -0.25) is 4.98 Å². The van der Waals surface area contributed by atoms with Crippen LogP contribution in [-0.2, 0) is 0 Å². The molecule has 0 unspecified atom stereocenters. The largest absolute Gasteiger partial charge is 0.489 e. The summed E-state index contributed by atoms with van der Waals surface area (Å²) < 4.78 is 6.31. The van der Waals surface area contributed by atoms with Crippen molar-refractivity contribution in [3.05, 3.63) is 16.9 Å². The van der Waals surface area contributed by atoms with Gasteiger partial charge in [0, 0.05) is 12.7 Å². The second-order valence-electron chi connectivity index (χ2n) is 3.19. The number of halogens is 1. The van der Waals surface area contributed by atoms with Crippen molar-refractivity contribution in [3.63, 3.8) is 0 Å². The summed E-state index contributed by atoms with van der Waals surface area (Å²) in [5.74, 6) is 0.668. The van der Waals surface area contributed by atoms with Crippen LogP contribution in [0.2, 0.25) is 0 Å². The molecule has 0 radical (unpaired) electrons. The molecule has 0 aliphatic rings. The van der Waals surface area contributed by atoms with Crippen LogP contribution in [0.5, 0.6) is 5.75 Å². The maximum atomic E-state index is 5.71. The summed E-state index contributed by atoms with van der Waals surface area (Å²) in [5, 5.41) is 0. The Balaban J connectivity index is 2.58. The van der Waals surface area contributed by atoms with E-state index in [0.29, 0.717) is 18.0 Å². The van der Waals surface area contributed by atoms with Gasteiger partial charge in [-0.15, -0.1) is 0 Å². The number of nitrogens with two attached hydrogens (primary N) is 1. The Morgan fingerprint density at radius 3 is 2.79 bits per heavy atom. The maximum absolute atomic E-state index is 5.71. The maximum Gasteiger partial charge on any atom is 0.159 e. The lowest BCUT2D eigenvalue weighted by Gasteiger charge is -2.13. The summed E-state index contributed by atoms with van der Waals surface area (Å²) in [7, 11) is 3.99. The smallest absolute Gasteiger partial charge is 0.159 e. The Labute approximate surface area is 92.2 Å². The minimum atomic E-state index is 0.554. The van der Waals surface area contributed by atoms with Crippen molar-refractivity contribution >= 4 is 21.6 Å². The molecule has 0 aliphatic heterocycles. The highest BCUT2D eigenvalue weighted by Gasteiger charge is 2.05. The second kappa shape index (κ2) is 5.17. The van der Waals surface area contributed by atoms with Crippen LogP contribution in [0, 0.1) is 0 Å². The lowest BCUT2D eigenvalue weighted by molar-refractivity contribution is 0.261. The third kappa shape index (κ3) is 3.16. The molecule has 0 saturated carbocycles. The molecule has 2 N–H and O–H groups in total. The molecular formula is C9H14BrN3O. The van der Waals surface area contributed by atoms with Gasteiger partial charge in [0.1, 0.15) is 6.61 Å². The zero-order valence-electron chi connectivity index (χ0n) is 8.33. The van der Waals surface area contributed by atoms with Crippen LogP contribution >= 0.6 is 15.9 Å². The molecule has 1 aromatic heterocycles. The quantitative estimate of drug-likeness (QED) is 0.888. The van der Waals surface area contributed by atoms with E-state index in [1.165, 1.54) is 0 Å². The summed E-state index contributed by atoms with van der Waals surface area (Å²) in [6.07, 6.45) is 3.25. The molecule has 4 nitrogen and oxygen atoms in total. The molecule has 0 spiro atoms. The monoisotopic (exact) mass is 259 g/mol. The van der Waals surface area contributed by atoms with Crippen LogP contribution in [0.25, 0.3) is 0 Å². The number of anilines is 1.